The standard InChI is InChI=1S/C39H58ClN3O8S.C38H58ClN3O8S2/c1-7-8-9-10-11-12-13-14-15-16-17-18-19-20-25-52(48,49)43-30-22-23-31(40)32(27-30)41-36(45)35(28(2)44)51-34-24-21-29(37(46)50-6)26-33(34)42-38(47)39(3,4)5;1-7-8-9-10-11-12-13-14-15-16-17-18-19-20-25-52(48,49)42-29-21-23-31(39)32(26-29)40-36(44)35(28(2)43)50-34-24-22-30(51(6,46)47)27-33(34)41-37(45)38(3,4)5/h21-24,26-27,35,43H,7-20,25H2,1-6H3,(H,41,45)(H,42,47);21-24,26-27,35,42H,7-20,25H2,1-6H3,(H,40,44)(H,41,45). The quantitative estimate of drug-likeness (QED) is 0.0136. The summed E-state index contributed by atoms with van der Waals surface area (Å²) >= 11 is 12.7. The summed E-state index contributed by atoms with van der Waals surface area (Å²) in [6, 6.07) is 16.2. The van der Waals surface area contributed by atoms with Gasteiger partial charge in [0.15, 0.2) is 21.4 Å². The van der Waals surface area contributed by atoms with Gasteiger partial charge in [-0.1, -0.05) is 246 Å². The number of methoxy groups -OCH3 is 1. The number of hydrogen-bond acceptors (Lipinski definition) is 16. The number of rotatable bonds is 48. The Morgan fingerprint density at radius 1 is 0.413 bits per heavy atom. The number of amides is 4. The fourth-order valence-electron chi connectivity index (χ4n) is 10.6. The van der Waals surface area contributed by atoms with Gasteiger partial charge in [0.25, 0.3) is 11.8 Å². The van der Waals surface area contributed by atoms with E-state index in [1.807, 2.05) is 0 Å². The summed E-state index contributed by atoms with van der Waals surface area (Å²) in [6.45, 7) is 16.8. The first-order valence-electron chi connectivity index (χ1n) is 36.7. The molecule has 0 fully saturated rings. The topological polar surface area (TPSA) is 322 Å². The van der Waals surface area contributed by atoms with Crippen molar-refractivity contribution < 1.29 is 73.0 Å². The Morgan fingerprint density at radius 3 is 1.04 bits per heavy atom. The second-order valence-electron chi connectivity index (χ2n) is 28.7. The Bertz CT molecular complexity index is 3780. The lowest BCUT2D eigenvalue weighted by Crippen LogP contribution is -2.39. The Labute approximate surface area is 629 Å². The van der Waals surface area contributed by atoms with E-state index in [4.69, 9.17) is 37.4 Å². The highest BCUT2D eigenvalue weighted by atomic mass is 35.5. The number of nitrogens with one attached hydrogen (secondary N) is 6. The first-order valence-corrected chi connectivity index (χ1v) is 42.6. The van der Waals surface area contributed by atoms with Crippen LogP contribution in [0.5, 0.6) is 11.5 Å². The van der Waals surface area contributed by atoms with Crippen molar-refractivity contribution in [1.29, 1.82) is 0 Å². The van der Waals surface area contributed by atoms with Crippen LogP contribution in [0.25, 0.3) is 0 Å². The molecule has 4 aromatic carbocycles. The summed E-state index contributed by atoms with van der Waals surface area (Å²) in [5.74, 6) is -4.94. The molecule has 2 atom stereocenters. The minimum atomic E-state index is -3.68. The number of hydrogen-bond donors (Lipinski definition) is 6. The summed E-state index contributed by atoms with van der Waals surface area (Å²) in [5, 5.41) is 10.6. The Morgan fingerprint density at radius 2 is 0.731 bits per heavy atom. The predicted octanol–water partition coefficient (Wildman–Crippen LogP) is 18.2. The zero-order valence-corrected chi connectivity index (χ0v) is 67.3. The van der Waals surface area contributed by atoms with Crippen LogP contribution in [0.1, 0.15) is 259 Å². The van der Waals surface area contributed by atoms with E-state index < -0.39 is 94.1 Å². The van der Waals surface area contributed by atoms with Crippen LogP contribution in [0.2, 0.25) is 10.0 Å². The molecule has 0 aliphatic carbocycles. The molecular weight excluding hydrogens is 1430 g/mol. The molecule has 6 N–H and O–H groups in total. The van der Waals surface area contributed by atoms with Gasteiger partial charge < -0.3 is 35.5 Å². The van der Waals surface area contributed by atoms with Gasteiger partial charge in [0.2, 0.25) is 44.1 Å². The molecule has 0 radical (unpaired) electrons. The van der Waals surface area contributed by atoms with Crippen LogP contribution in [-0.4, -0.2) is 103 Å². The summed E-state index contributed by atoms with van der Waals surface area (Å²) in [7, 11) is -9.81. The third kappa shape index (κ3) is 36.0. The van der Waals surface area contributed by atoms with Gasteiger partial charge in [0, 0.05) is 17.1 Å². The summed E-state index contributed by atoms with van der Waals surface area (Å²) in [5.41, 5.74) is -1.10. The molecule has 582 valence electrons. The van der Waals surface area contributed by atoms with Gasteiger partial charge in [-0.25, -0.2) is 30.0 Å². The SMILES string of the molecule is CCCCCCCCCCCCCCCCS(=O)(=O)Nc1ccc(Cl)c(NC(=O)C(Oc2ccc(C(=O)OC)cc2NC(=O)C(C)(C)C)C(C)=O)c1.CCCCCCCCCCCCCCCCS(=O)(=O)Nc1ccc(Cl)c(NC(=O)C(Oc2ccc(S(C)(=O)=O)cc2NC(=O)C(C)(C)C)C(C)=O)c1. The molecule has 0 aliphatic heterocycles. The first kappa shape index (κ1) is 91.4. The van der Waals surface area contributed by atoms with Crippen LogP contribution in [0.15, 0.2) is 77.7 Å². The van der Waals surface area contributed by atoms with E-state index in [-0.39, 0.29) is 77.6 Å². The molecule has 0 bridgehead atoms. The first-order chi connectivity index (χ1) is 48.9. The van der Waals surface area contributed by atoms with E-state index in [9.17, 15) is 58.8 Å². The lowest BCUT2D eigenvalue weighted by Gasteiger charge is -2.22. The number of esters is 1. The van der Waals surface area contributed by atoms with E-state index in [1.54, 1.807) is 41.5 Å². The van der Waals surface area contributed by atoms with Crippen molar-refractivity contribution in [2.24, 2.45) is 10.8 Å². The van der Waals surface area contributed by atoms with Gasteiger partial charge >= 0.3 is 5.97 Å². The van der Waals surface area contributed by atoms with Crippen molar-refractivity contribution in [2.75, 3.05) is 55.6 Å². The largest absolute Gasteiger partial charge is 0.471 e. The normalized spacial score (nSPS) is 12.4. The van der Waals surface area contributed by atoms with E-state index in [2.05, 4.69) is 44.6 Å². The molecule has 4 amide bonds. The third-order valence-corrected chi connectivity index (χ3v) is 21.4. The zero-order chi connectivity index (χ0) is 77.7. The smallest absolute Gasteiger partial charge is 0.337 e. The summed E-state index contributed by atoms with van der Waals surface area (Å²) < 4.78 is 97.1. The Balaban J connectivity index is 0.000000540. The molecule has 4 aromatic rings. The number of halogens is 2. The lowest BCUT2D eigenvalue weighted by molar-refractivity contribution is -0.135. The fraction of sp³-hybridized carbons (Fsp3) is 0.597. The Hall–Kier alpha value is -6.80. The van der Waals surface area contributed by atoms with Gasteiger partial charge in [-0.2, -0.15) is 0 Å². The molecule has 0 aliphatic rings. The molecule has 22 nitrogen and oxygen atoms in total. The molecule has 27 heteroatoms. The molecule has 104 heavy (non-hydrogen) atoms. The van der Waals surface area contributed by atoms with Crippen LogP contribution >= 0.6 is 23.2 Å². The average molecular weight is 1550 g/mol. The minimum Gasteiger partial charge on any atom is -0.471 e. The maximum Gasteiger partial charge on any atom is 0.337 e. The maximum absolute atomic E-state index is 13.4. The molecule has 0 saturated carbocycles. The van der Waals surface area contributed by atoms with Crippen molar-refractivity contribution in [2.45, 2.75) is 266 Å². The molecule has 0 aromatic heterocycles. The number of sulfonamides is 2. The van der Waals surface area contributed by atoms with Crippen LogP contribution in [-0.2, 0) is 63.4 Å². The van der Waals surface area contributed by atoms with Crippen molar-refractivity contribution in [3.8, 4) is 11.5 Å². The second kappa shape index (κ2) is 46.3. The van der Waals surface area contributed by atoms with E-state index in [0.717, 1.165) is 58.6 Å². The molecule has 0 heterocycles. The number of sulfone groups is 1. The molecular formula is C77H116Cl2N6O16S3. The number of ketones is 2. The van der Waals surface area contributed by atoms with Crippen molar-refractivity contribution >= 4 is 128 Å². The monoisotopic (exact) mass is 1550 g/mol. The number of Topliss-reactive ketones (excluding diaryl/α,β-unsaturated/α-hetero) is 2. The predicted molar refractivity (Wildman–Crippen MR) is 419 cm³/mol. The summed E-state index contributed by atoms with van der Waals surface area (Å²) in [6.07, 6.45) is 30.2. The maximum atomic E-state index is 13.4. The molecule has 0 saturated heterocycles. The van der Waals surface area contributed by atoms with Gasteiger partial charge in [0.05, 0.1) is 73.2 Å². The highest BCUT2D eigenvalue weighted by Crippen LogP contribution is 2.35. The zero-order valence-electron chi connectivity index (χ0n) is 63.3. The van der Waals surface area contributed by atoms with Gasteiger partial charge in [-0.3, -0.25) is 38.2 Å². The van der Waals surface area contributed by atoms with Crippen molar-refractivity contribution in [3.63, 3.8) is 0 Å². The van der Waals surface area contributed by atoms with Gasteiger partial charge in [0.1, 0.15) is 11.5 Å². The number of benzene rings is 4. The number of anilines is 6. The Kier molecular flexibility index (Phi) is 40.7. The molecule has 4 rings (SSSR count). The van der Waals surface area contributed by atoms with E-state index in [1.165, 1.54) is 208 Å². The number of unbranched alkanes of at least 4 members (excludes halogenated alkanes) is 26. The van der Waals surface area contributed by atoms with Crippen molar-refractivity contribution in [3.05, 3.63) is 88.4 Å². The fourth-order valence-corrected chi connectivity index (χ4v) is 14.0. The average Bonchev–Trinajstić information content (AvgIpc) is 0.812. The van der Waals surface area contributed by atoms with Crippen LogP contribution in [0.3, 0.4) is 0 Å². The summed E-state index contributed by atoms with van der Waals surface area (Å²) in [4.78, 5) is 89.6. The number of carbonyl (C=O) groups is 7. The van der Waals surface area contributed by atoms with Gasteiger partial charge in [-0.05, 0) is 99.5 Å². The van der Waals surface area contributed by atoms with E-state index >= 15 is 0 Å². The number of carbonyl (C=O) groups excluding carboxylic acids is 7. The van der Waals surface area contributed by atoms with Crippen LogP contribution in [0.4, 0.5) is 34.1 Å². The second-order valence-corrected chi connectivity index (χ2v) is 35.2. The minimum absolute atomic E-state index is 0.0342. The van der Waals surface area contributed by atoms with E-state index in [0.29, 0.717) is 12.8 Å². The van der Waals surface area contributed by atoms with Crippen LogP contribution in [0, 0.1) is 10.8 Å². The third-order valence-electron chi connectivity index (χ3n) is 16.9. The highest BCUT2D eigenvalue weighted by molar-refractivity contribution is 7.93. The highest BCUT2D eigenvalue weighted by Gasteiger charge is 2.32. The lowest BCUT2D eigenvalue weighted by atomic mass is 9.95. The number of ether oxygens (including phenoxy) is 3. The molecule has 2 unspecified atom stereocenters. The molecule has 0 spiro atoms. The van der Waals surface area contributed by atoms with Crippen LogP contribution < -0.4 is 40.2 Å². The van der Waals surface area contributed by atoms with Crippen molar-refractivity contribution in [1.82, 2.24) is 0 Å². The van der Waals surface area contributed by atoms with Gasteiger partial charge in [-0.15, -0.1) is 0 Å².